The summed E-state index contributed by atoms with van der Waals surface area (Å²) in [5.41, 5.74) is 0.506. The third-order valence-corrected chi connectivity index (χ3v) is 6.19. The van der Waals surface area contributed by atoms with Gasteiger partial charge in [-0.1, -0.05) is 11.6 Å². The van der Waals surface area contributed by atoms with Crippen LogP contribution in [0.1, 0.15) is 5.56 Å². The zero-order chi connectivity index (χ0) is 15.0. The molecule has 6 nitrogen and oxygen atoms in total. The van der Waals surface area contributed by atoms with Gasteiger partial charge in [0, 0.05) is 35.3 Å². The lowest BCUT2D eigenvalue weighted by Crippen LogP contribution is -2.34. The second-order valence-electron chi connectivity index (χ2n) is 5.90. The first-order chi connectivity index (χ1) is 9.81. The van der Waals surface area contributed by atoms with Crippen LogP contribution >= 0.6 is 11.6 Å². The summed E-state index contributed by atoms with van der Waals surface area (Å²) in [6.45, 7) is 0.706. The van der Waals surface area contributed by atoms with Gasteiger partial charge in [-0.2, -0.15) is 5.10 Å². The maximum atomic E-state index is 11.6. The Labute approximate surface area is 126 Å². The molecule has 2 unspecified atom stereocenters. The van der Waals surface area contributed by atoms with Gasteiger partial charge in [0.15, 0.2) is 0 Å². The number of H-pyrrole nitrogens is 1. The van der Waals surface area contributed by atoms with E-state index in [-0.39, 0.29) is 11.8 Å². The zero-order valence-corrected chi connectivity index (χ0v) is 12.8. The average Bonchev–Trinajstić information content (AvgIpc) is 2.83. The first-order valence-corrected chi connectivity index (χ1v) is 8.85. The van der Waals surface area contributed by atoms with Gasteiger partial charge in [0.2, 0.25) is 10.0 Å². The van der Waals surface area contributed by atoms with E-state index in [0.29, 0.717) is 18.1 Å². The van der Waals surface area contributed by atoms with Gasteiger partial charge in [-0.3, -0.25) is 5.10 Å². The highest BCUT2D eigenvalue weighted by Gasteiger charge is 2.70. The number of benzene rings is 1. The van der Waals surface area contributed by atoms with Crippen LogP contribution in [0, 0.1) is 11.8 Å². The number of hydrogen-bond donors (Lipinski definition) is 2. The van der Waals surface area contributed by atoms with Crippen LogP contribution in [0.5, 0.6) is 0 Å². The topological polar surface area (TPSA) is 86.3 Å². The average molecular weight is 328 g/mol. The summed E-state index contributed by atoms with van der Waals surface area (Å²) in [5.74, 6) is -0.160. The second kappa shape index (κ2) is 3.98. The Morgan fingerprint density at radius 1 is 1.43 bits per heavy atom. The van der Waals surface area contributed by atoms with Gasteiger partial charge < -0.3 is 5.11 Å². The molecule has 2 fully saturated rings. The molecule has 1 saturated heterocycles. The summed E-state index contributed by atoms with van der Waals surface area (Å²) >= 11 is 6.11. The largest absolute Gasteiger partial charge is 0.384 e. The Morgan fingerprint density at radius 2 is 2.10 bits per heavy atom. The maximum Gasteiger partial charge on any atom is 0.211 e. The van der Waals surface area contributed by atoms with E-state index in [4.69, 9.17) is 11.6 Å². The van der Waals surface area contributed by atoms with E-state index < -0.39 is 15.6 Å². The summed E-state index contributed by atoms with van der Waals surface area (Å²) in [5, 5.41) is 19.2. The van der Waals surface area contributed by atoms with Crippen LogP contribution in [-0.4, -0.2) is 47.4 Å². The molecule has 2 atom stereocenters. The van der Waals surface area contributed by atoms with Crippen molar-refractivity contribution in [2.45, 2.75) is 5.60 Å². The molecule has 112 valence electrons. The van der Waals surface area contributed by atoms with Crippen LogP contribution < -0.4 is 0 Å². The van der Waals surface area contributed by atoms with Crippen molar-refractivity contribution in [2.24, 2.45) is 11.8 Å². The molecule has 1 aromatic heterocycles. The fraction of sp³-hybridized carbons (Fsp3) is 0.462. The molecule has 2 heterocycles. The van der Waals surface area contributed by atoms with E-state index in [2.05, 4.69) is 10.2 Å². The lowest BCUT2D eigenvalue weighted by molar-refractivity contribution is 0.0993. The molecule has 8 heteroatoms. The fourth-order valence-corrected chi connectivity index (χ4v) is 4.67. The number of aliphatic hydroxyl groups is 1. The molecule has 21 heavy (non-hydrogen) atoms. The van der Waals surface area contributed by atoms with Crippen LogP contribution in [0.4, 0.5) is 0 Å². The van der Waals surface area contributed by atoms with Gasteiger partial charge in [0.1, 0.15) is 0 Å². The number of halogens is 1. The first-order valence-electron chi connectivity index (χ1n) is 6.62. The number of hydrogen-bond acceptors (Lipinski definition) is 4. The third kappa shape index (κ3) is 1.78. The van der Waals surface area contributed by atoms with Crippen molar-refractivity contribution >= 4 is 32.5 Å². The van der Waals surface area contributed by atoms with Gasteiger partial charge in [0.05, 0.1) is 23.6 Å². The van der Waals surface area contributed by atoms with Gasteiger partial charge in [-0.15, -0.1) is 0 Å². The van der Waals surface area contributed by atoms with E-state index in [9.17, 15) is 13.5 Å². The van der Waals surface area contributed by atoms with Crippen molar-refractivity contribution < 1.29 is 13.5 Å². The number of nitrogens with zero attached hydrogens (tertiary/aromatic N) is 2. The maximum absolute atomic E-state index is 11.6. The smallest absolute Gasteiger partial charge is 0.211 e. The molecule has 2 aromatic rings. The van der Waals surface area contributed by atoms with Crippen molar-refractivity contribution in [3.63, 3.8) is 0 Å². The Bertz CT molecular complexity index is 835. The van der Waals surface area contributed by atoms with Gasteiger partial charge >= 0.3 is 0 Å². The Kier molecular flexibility index (Phi) is 2.56. The van der Waals surface area contributed by atoms with Crippen molar-refractivity contribution in [3.05, 3.63) is 28.9 Å². The minimum Gasteiger partial charge on any atom is -0.384 e. The second-order valence-corrected chi connectivity index (χ2v) is 8.32. The molecule has 4 rings (SSSR count). The lowest BCUT2D eigenvalue weighted by Gasteiger charge is -2.22. The number of aromatic amines is 1. The van der Waals surface area contributed by atoms with Crippen molar-refractivity contribution in [1.82, 2.24) is 14.5 Å². The summed E-state index contributed by atoms with van der Waals surface area (Å²) in [4.78, 5) is 0. The molecule has 0 bridgehead atoms. The minimum atomic E-state index is -3.20. The molecular formula is C13H14ClN3O3S. The number of fused-ring (bicyclic) bond motifs is 2. The van der Waals surface area contributed by atoms with Crippen molar-refractivity contribution in [1.29, 1.82) is 0 Å². The normalized spacial score (nSPS) is 32.5. The SMILES string of the molecule is CS(=O)(=O)N1CC2C(C1)C2(O)c1cc(Cl)cc2[nH]ncc12. The quantitative estimate of drug-likeness (QED) is 0.859. The van der Waals surface area contributed by atoms with Gasteiger partial charge in [-0.05, 0) is 17.7 Å². The van der Waals surface area contributed by atoms with Gasteiger partial charge in [0.25, 0.3) is 0 Å². The standard InChI is InChI=1S/C13H14ClN3O3S/c1-21(19,20)17-5-10-11(6-17)13(10,18)9-2-7(14)3-12-8(9)4-15-16-12/h2-4,10-11,18H,5-6H2,1H3,(H,15,16). The predicted molar refractivity (Wildman–Crippen MR) is 78.4 cm³/mol. The molecule has 1 saturated carbocycles. The molecule has 0 amide bonds. The van der Waals surface area contributed by atoms with Gasteiger partial charge in [-0.25, -0.2) is 12.7 Å². The van der Waals surface area contributed by atoms with E-state index in [0.717, 1.165) is 16.5 Å². The van der Waals surface area contributed by atoms with E-state index in [1.165, 1.54) is 10.6 Å². The monoisotopic (exact) mass is 327 g/mol. The number of piperidine rings is 1. The summed E-state index contributed by atoms with van der Waals surface area (Å²) in [7, 11) is -3.20. The molecule has 1 aliphatic carbocycles. The highest BCUT2D eigenvalue weighted by atomic mass is 35.5. The van der Waals surface area contributed by atoms with Crippen LogP contribution in [0.3, 0.4) is 0 Å². The molecule has 2 N–H and O–H groups in total. The van der Waals surface area contributed by atoms with E-state index >= 15 is 0 Å². The predicted octanol–water partition coefficient (Wildman–Crippen LogP) is 0.925. The summed E-state index contributed by atoms with van der Waals surface area (Å²) in [6, 6.07) is 3.51. The number of aromatic nitrogens is 2. The van der Waals surface area contributed by atoms with Crippen LogP contribution in [0.15, 0.2) is 18.3 Å². The highest BCUT2D eigenvalue weighted by Crippen LogP contribution is 2.63. The van der Waals surface area contributed by atoms with E-state index in [1.54, 1.807) is 18.3 Å². The van der Waals surface area contributed by atoms with Crippen LogP contribution in [0.2, 0.25) is 5.02 Å². The molecule has 1 aliphatic heterocycles. The molecule has 2 aliphatic rings. The van der Waals surface area contributed by atoms with Crippen LogP contribution in [0.25, 0.3) is 10.9 Å². The number of rotatable bonds is 2. The molecular weight excluding hydrogens is 314 g/mol. The molecule has 0 radical (unpaired) electrons. The Hall–Kier alpha value is -1.15. The van der Waals surface area contributed by atoms with Crippen molar-refractivity contribution in [2.75, 3.05) is 19.3 Å². The minimum absolute atomic E-state index is 0.0798. The lowest BCUT2D eigenvalue weighted by atomic mass is 9.99. The molecule has 0 spiro atoms. The third-order valence-electron chi connectivity index (χ3n) is 4.73. The highest BCUT2D eigenvalue weighted by molar-refractivity contribution is 7.88. The number of sulfonamides is 1. The van der Waals surface area contributed by atoms with Crippen molar-refractivity contribution in [3.8, 4) is 0 Å². The number of nitrogens with one attached hydrogen (secondary N) is 1. The Balaban J connectivity index is 1.74. The van der Waals surface area contributed by atoms with E-state index in [1.807, 2.05) is 0 Å². The first kappa shape index (κ1) is 13.5. The summed E-state index contributed by atoms with van der Waals surface area (Å²) in [6.07, 6.45) is 2.87. The fourth-order valence-electron chi connectivity index (χ4n) is 3.59. The molecule has 1 aromatic carbocycles. The Morgan fingerprint density at radius 3 is 2.71 bits per heavy atom. The van der Waals surface area contributed by atoms with Crippen LogP contribution in [-0.2, 0) is 15.6 Å². The zero-order valence-electron chi connectivity index (χ0n) is 11.2. The summed E-state index contributed by atoms with van der Waals surface area (Å²) < 4.78 is 24.6.